The molecule has 0 atom stereocenters. The second kappa shape index (κ2) is 7.41. The number of nitrogens with one attached hydrogen (secondary N) is 2. The molecular formula is C16H23N3OS. The van der Waals surface area contributed by atoms with Crippen molar-refractivity contribution in [3.05, 3.63) is 23.8 Å². The maximum Gasteiger partial charge on any atom is 0.227 e. The number of hydrogen-bond donors (Lipinski definition) is 2. The van der Waals surface area contributed by atoms with Gasteiger partial charge in [0.15, 0.2) is 5.11 Å². The van der Waals surface area contributed by atoms with Gasteiger partial charge in [0.05, 0.1) is 0 Å². The zero-order chi connectivity index (χ0) is 15.2. The summed E-state index contributed by atoms with van der Waals surface area (Å²) in [4.78, 5) is 13.8. The lowest BCUT2D eigenvalue weighted by atomic mass is 10.1. The molecule has 1 amide bonds. The van der Waals surface area contributed by atoms with E-state index >= 15 is 0 Å². The van der Waals surface area contributed by atoms with Gasteiger partial charge in [0, 0.05) is 30.9 Å². The second-order valence-electron chi connectivity index (χ2n) is 5.38. The molecule has 0 radical (unpaired) electrons. The van der Waals surface area contributed by atoms with Gasteiger partial charge in [-0.1, -0.05) is 19.4 Å². The molecule has 1 heterocycles. The van der Waals surface area contributed by atoms with E-state index in [1.807, 2.05) is 30.0 Å². The Balaban J connectivity index is 2.04. The van der Waals surface area contributed by atoms with E-state index in [4.69, 9.17) is 12.2 Å². The Morgan fingerprint density at radius 1 is 1.43 bits per heavy atom. The van der Waals surface area contributed by atoms with Crippen molar-refractivity contribution in [3.63, 3.8) is 0 Å². The third-order valence-electron chi connectivity index (χ3n) is 3.65. The van der Waals surface area contributed by atoms with Crippen LogP contribution in [0.5, 0.6) is 0 Å². The van der Waals surface area contributed by atoms with Gasteiger partial charge in [-0.25, -0.2) is 0 Å². The van der Waals surface area contributed by atoms with Gasteiger partial charge in [0.2, 0.25) is 5.91 Å². The summed E-state index contributed by atoms with van der Waals surface area (Å²) in [5, 5.41) is 7.00. The summed E-state index contributed by atoms with van der Waals surface area (Å²) in [5.74, 6) is 0.207. The van der Waals surface area contributed by atoms with Crippen LogP contribution in [-0.2, 0) is 4.79 Å². The fraction of sp³-hybridized carbons (Fsp3) is 0.500. The van der Waals surface area contributed by atoms with E-state index in [0.717, 1.165) is 49.3 Å². The number of aryl methyl sites for hydroxylation is 1. The Hall–Kier alpha value is -1.62. The van der Waals surface area contributed by atoms with Crippen LogP contribution in [0.1, 0.15) is 38.2 Å². The number of carbonyl (C=O) groups excluding carboxylic acids is 1. The van der Waals surface area contributed by atoms with Crippen LogP contribution in [0.15, 0.2) is 18.2 Å². The van der Waals surface area contributed by atoms with Crippen LogP contribution >= 0.6 is 12.2 Å². The molecule has 21 heavy (non-hydrogen) atoms. The van der Waals surface area contributed by atoms with Crippen LogP contribution in [0, 0.1) is 6.92 Å². The van der Waals surface area contributed by atoms with Gasteiger partial charge < -0.3 is 15.5 Å². The fourth-order valence-electron chi connectivity index (χ4n) is 2.43. The van der Waals surface area contributed by atoms with Crippen LogP contribution in [-0.4, -0.2) is 24.1 Å². The van der Waals surface area contributed by atoms with Crippen molar-refractivity contribution in [2.45, 2.75) is 39.5 Å². The highest BCUT2D eigenvalue weighted by atomic mass is 32.1. The Kier molecular flexibility index (Phi) is 5.56. The Morgan fingerprint density at radius 3 is 2.90 bits per heavy atom. The molecule has 0 bridgehead atoms. The first-order chi connectivity index (χ1) is 10.1. The predicted octanol–water partition coefficient (Wildman–Crippen LogP) is 3.21. The molecule has 0 spiro atoms. The molecule has 5 heteroatoms. The van der Waals surface area contributed by atoms with Crippen LogP contribution in [0.4, 0.5) is 11.4 Å². The van der Waals surface area contributed by atoms with E-state index in [1.165, 1.54) is 0 Å². The largest absolute Gasteiger partial charge is 0.362 e. The fourth-order valence-corrected chi connectivity index (χ4v) is 2.65. The summed E-state index contributed by atoms with van der Waals surface area (Å²) < 4.78 is 0. The average molecular weight is 305 g/mol. The van der Waals surface area contributed by atoms with E-state index in [0.29, 0.717) is 11.5 Å². The topological polar surface area (TPSA) is 44.4 Å². The Morgan fingerprint density at radius 2 is 2.24 bits per heavy atom. The normalized spacial score (nSPS) is 14.4. The summed E-state index contributed by atoms with van der Waals surface area (Å²) >= 11 is 5.28. The number of carbonyl (C=O) groups is 1. The maximum absolute atomic E-state index is 11.9. The lowest BCUT2D eigenvalue weighted by Crippen LogP contribution is -2.29. The van der Waals surface area contributed by atoms with Crippen molar-refractivity contribution in [2.75, 3.05) is 23.3 Å². The van der Waals surface area contributed by atoms with Gasteiger partial charge in [0.1, 0.15) is 0 Å². The summed E-state index contributed by atoms with van der Waals surface area (Å²) in [6, 6.07) is 6.03. The van der Waals surface area contributed by atoms with Gasteiger partial charge in [-0.2, -0.15) is 0 Å². The SMILES string of the molecule is CCCCNC(=S)Nc1ccc(C)c(N2CCCC2=O)c1. The standard InChI is InChI=1S/C16H23N3OS/c1-3-4-9-17-16(21)18-13-8-7-12(2)14(11-13)19-10-5-6-15(19)20/h7-8,11H,3-6,9-10H2,1-2H3,(H2,17,18,21). The average Bonchev–Trinajstić information content (AvgIpc) is 2.87. The zero-order valence-corrected chi connectivity index (χ0v) is 13.6. The number of nitrogens with zero attached hydrogens (tertiary/aromatic N) is 1. The monoisotopic (exact) mass is 305 g/mol. The van der Waals surface area contributed by atoms with Gasteiger partial charge in [0.25, 0.3) is 0 Å². The molecule has 1 saturated heterocycles. The predicted molar refractivity (Wildman–Crippen MR) is 91.9 cm³/mol. The van der Waals surface area contributed by atoms with Crippen molar-refractivity contribution < 1.29 is 4.79 Å². The highest BCUT2D eigenvalue weighted by Gasteiger charge is 2.23. The highest BCUT2D eigenvalue weighted by Crippen LogP contribution is 2.28. The van der Waals surface area contributed by atoms with Gasteiger partial charge in [-0.15, -0.1) is 0 Å². The molecule has 0 aromatic heterocycles. The molecule has 0 saturated carbocycles. The summed E-state index contributed by atoms with van der Waals surface area (Å²) in [6.45, 7) is 5.87. The number of unbranched alkanes of at least 4 members (excludes halogenated alkanes) is 1. The summed E-state index contributed by atoms with van der Waals surface area (Å²) in [6.07, 6.45) is 3.83. The third-order valence-corrected chi connectivity index (χ3v) is 3.89. The zero-order valence-electron chi connectivity index (χ0n) is 12.7. The van der Waals surface area contributed by atoms with E-state index in [9.17, 15) is 4.79 Å². The number of amides is 1. The Bertz CT molecular complexity index is 530. The van der Waals surface area contributed by atoms with Crippen molar-refractivity contribution in [1.29, 1.82) is 0 Å². The van der Waals surface area contributed by atoms with Crippen LogP contribution < -0.4 is 15.5 Å². The van der Waals surface area contributed by atoms with Crippen LogP contribution in [0.2, 0.25) is 0 Å². The maximum atomic E-state index is 11.9. The number of anilines is 2. The third kappa shape index (κ3) is 4.17. The summed E-state index contributed by atoms with van der Waals surface area (Å²) in [7, 11) is 0. The lowest BCUT2D eigenvalue weighted by molar-refractivity contribution is -0.117. The second-order valence-corrected chi connectivity index (χ2v) is 5.79. The molecule has 4 nitrogen and oxygen atoms in total. The van der Waals surface area contributed by atoms with Crippen molar-refractivity contribution in [2.24, 2.45) is 0 Å². The number of hydrogen-bond acceptors (Lipinski definition) is 2. The molecule has 1 fully saturated rings. The first kappa shape index (κ1) is 15.8. The first-order valence-electron chi connectivity index (χ1n) is 7.57. The van der Waals surface area contributed by atoms with Crippen LogP contribution in [0.25, 0.3) is 0 Å². The van der Waals surface area contributed by atoms with Gasteiger partial charge in [-0.3, -0.25) is 4.79 Å². The van der Waals surface area contributed by atoms with Crippen molar-refractivity contribution >= 4 is 34.6 Å². The molecule has 1 aliphatic heterocycles. The number of rotatable bonds is 5. The molecule has 0 unspecified atom stereocenters. The molecule has 1 aromatic rings. The smallest absolute Gasteiger partial charge is 0.227 e. The Labute approximate surface area is 131 Å². The van der Waals surface area contributed by atoms with Crippen LogP contribution in [0.3, 0.4) is 0 Å². The minimum Gasteiger partial charge on any atom is -0.362 e. The number of benzene rings is 1. The molecule has 2 N–H and O–H groups in total. The molecular weight excluding hydrogens is 282 g/mol. The van der Waals surface area contributed by atoms with E-state index in [2.05, 4.69) is 17.6 Å². The minimum atomic E-state index is 0.207. The molecule has 2 rings (SSSR count). The summed E-state index contributed by atoms with van der Waals surface area (Å²) in [5.41, 5.74) is 3.02. The minimum absolute atomic E-state index is 0.207. The quantitative estimate of drug-likeness (QED) is 0.648. The molecule has 1 aromatic carbocycles. The first-order valence-corrected chi connectivity index (χ1v) is 7.98. The molecule has 114 valence electrons. The number of thiocarbonyl (C=S) groups is 1. The lowest BCUT2D eigenvalue weighted by Gasteiger charge is -2.20. The van der Waals surface area contributed by atoms with Gasteiger partial charge >= 0.3 is 0 Å². The molecule has 0 aliphatic carbocycles. The van der Waals surface area contributed by atoms with E-state index in [1.54, 1.807) is 0 Å². The molecule has 1 aliphatic rings. The van der Waals surface area contributed by atoms with E-state index in [-0.39, 0.29) is 5.91 Å². The highest BCUT2D eigenvalue weighted by molar-refractivity contribution is 7.80. The van der Waals surface area contributed by atoms with Gasteiger partial charge in [-0.05, 0) is 49.7 Å². The van der Waals surface area contributed by atoms with Crippen molar-refractivity contribution in [1.82, 2.24) is 5.32 Å². The van der Waals surface area contributed by atoms with E-state index < -0.39 is 0 Å². The van der Waals surface area contributed by atoms with Crippen molar-refractivity contribution in [3.8, 4) is 0 Å².